The summed E-state index contributed by atoms with van der Waals surface area (Å²) in [5.41, 5.74) is 3.01. The molecule has 2 aromatic rings. The van der Waals surface area contributed by atoms with Crippen LogP contribution >= 0.6 is 0 Å². The Kier molecular flexibility index (Phi) is 3.56. The molecule has 5 heteroatoms. The summed E-state index contributed by atoms with van der Waals surface area (Å²) < 4.78 is 6.91. The highest BCUT2D eigenvalue weighted by Gasteiger charge is 2.27. The van der Waals surface area contributed by atoms with Crippen molar-refractivity contribution in [3.05, 3.63) is 57.9 Å². The molecule has 0 unspecified atom stereocenters. The number of hydrogen-bond donors (Lipinski definition) is 1. The van der Waals surface area contributed by atoms with Gasteiger partial charge in [-0.2, -0.15) is 0 Å². The predicted octanol–water partition coefficient (Wildman–Crippen LogP) is 2.14. The maximum Gasteiger partial charge on any atom is 0.254 e. The molecule has 23 heavy (non-hydrogen) atoms. The molecule has 120 valence electrons. The first-order valence-corrected chi connectivity index (χ1v) is 8.25. The molecular formula is C18H20N2O3. The lowest BCUT2D eigenvalue weighted by atomic mass is 9.91. The van der Waals surface area contributed by atoms with Gasteiger partial charge in [0.25, 0.3) is 11.5 Å². The monoisotopic (exact) mass is 312 g/mol. The topological polar surface area (TPSA) is 64.2 Å². The lowest BCUT2D eigenvalue weighted by Gasteiger charge is -2.27. The van der Waals surface area contributed by atoms with Crippen molar-refractivity contribution in [1.82, 2.24) is 9.88 Å². The van der Waals surface area contributed by atoms with Crippen molar-refractivity contribution in [2.75, 3.05) is 0 Å². The highest BCUT2D eigenvalue weighted by molar-refractivity contribution is 5.93. The van der Waals surface area contributed by atoms with Crippen molar-refractivity contribution < 1.29 is 9.21 Å². The van der Waals surface area contributed by atoms with Gasteiger partial charge in [0.2, 0.25) is 0 Å². The van der Waals surface area contributed by atoms with Crippen LogP contribution in [0.5, 0.6) is 0 Å². The fourth-order valence-electron chi connectivity index (χ4n) is 3.37. The largest absolute Gasteiger partial charge is 0.472 e. The van der Waals surface area contributed by atoms with Crippen molar-refractivity contribution in [2.24, 2.45) is 5.92 Å². The number of carbonyl (C=O) groups excluding carboxylic acids is 1. The quantitative estimate of drug-likeness (QED) is 0.940. The molecular weight excluding hydrogens is 292 g/mol. The molecule has 0 bridgehead atoms. The van der Waals surface area contributed by atoms with Crippen molar-refractivity contribution in [1.29, 1.82) is 0 Å². The number of pyridine rings is 1. The van der Waals surface area contributed by atoms with Gasteiger partial charge in [-0.3, -0.25) is 9.59 Å². The molecule has 1 amide bonds. The Labute approximate surface area is 134 Å². The second kappa shape index (κ2) is 5.72. The Bertz CT molecular complexity index is 772. The van der Waals surface area contributed by atoms with Crippen LogP contribution in [0, 0.1) is 5.92 Å². The van der Waals surface area contributed by atoms with Gasteiger partial charge >= 0.3 is 0 Å². The lowest BCUT2D eigenvalue weighted by Crippen LogP contribution is -2.40. The minimum absolute atomic E-state index is 0.0986. The van der Waals surface area contributed by atoms with Crippen LogP contribution in [-0.4, -0.2) is 16.5 Å². The van der Waals surface area contributed by atoms with Gasteiger partial charge in [-0.15, -0.1) is 0 Å². The summed E-state index contributed by atoms with van der Waals surface area (Å²) in [5, 5.41) is 3.06. The summed E-state index contributed by atoms with van der Waals surface area (Å²) in [4.78, 5) is 24.3. The summed E-state index contributed by atoms with van der Waals surface area (Å²) in [6, 6.07) is 5.37. The fraction of sp³-hybridized carbons (Fsp3) is 0.444. The molecule has 0 saturated heterocycles. The second-order valence-electron chi connectivity index (χ2n) is 6.62. The normalized spacial score (nSPS) is 20.1. The molecule has 4 rings (SSSR count). The zero-order chi connectivity index (χ0) is 15.8. The van der Waals surface area contributed by atoms with Crippen LogP contribution in [0.3, 0.4) is 0 Å². The van der Waals surface area contributed by atoms with Crippen LogP contribution in [0.25, 0.3) is 0 Å². The maximum atomic E-state index is 12.2. The van der Waals surface area contributed by atoms with E-state index in [-0.39, 0.29) is 17.5 Å². The molecule has 2 heterocycles. The molecule has 1 saturated carbocycles. The van der Waals surface area contributed by atoms with E-state index in [2.05, 4.69) is 5.32 Å². The molecule has 0 radical (unpaired) electrons. The molecule has 0 spiro atoms. The van der Waals surface area contributed by atoms with E-state index in [4.69, 9.17) is 4.42 Å². The minimum Gasteiger partial charge on any atom is -0.472 e. The Morgan fingerprint density at radius 1 is 1.26 bits per heavy atom. The number of aromatic nitrogens is 1. The van der Waals surface area contributed by atoms with Crippen molar-refractivity contribution in [3.63, 3.8) is 0 Å². The Morgan fingerprint density at radius 2 is 2.13 bits per heavy atom. The van der Waals surface area contributed by atoms with Crippen molar-refractivity contribution >= 4 is 5.91 Å². The van der Waals surface area contributed by atoms with Crippen LogP contribution in [0.2, 0.25) is 0 Å². The van der Waals surface area contributed by atoms with Gasteiger partial charge in [-0.1, -0.05) is 6.07 Å². The van der Waals surface area contributed by atoms with Gasteiger partial charge in [-0.25, -0.2) is 0 Å². The zero-order valence-corrected chi connectivity index (χ0v) is 13.0. The van der Waals surface area contributed by atoms with Crippen molar-refractivity contribution in [2.45, 2.75) is 44.7 Å². The number of fused-ring (bicyclic) bond motifs is 1. The van der Waals surface area contributed by atoms with Crippen LogP contribution in [-0.2, 0) is 19.4 Å². The molecule has 1 fully saturated rings. The smallest absolute Gasteiger partial charge is 0.254 e. The molecule has 0 aliphatic heterocycles. The van der Waals surface area contributed by atoms with Gasteiger partial charge in [0, 0.05) is 24.3 Å². The average molecular weight is 312 g/mol. The molecule has 0 aromatic carbocycles. The van der Waals surface area contributed by atoms with Gasteiger partial charge < -0.3 is 14.3 Å². The molecule has 2 aliphatic carbocycles. The van der Waals surface area contributed by atoms with Crippen molar-refractivity contribution in [3.8, 4) is 0 Å². The highest BCUT2D eigenvalue weighted by Crippen LogP contribution is 2.31. The third-order valence-corrected chi connectivity index (χ3v) is 4.84. The second-order valence-corrected chi connectivity index (χ2v) is 6.62. The van der Waals surface area contributed by atoms with E-state index in [1.807, 2.05) is 10.6 Å². The first-order valence-electron chi connectivity index (χ1n) is 8.25. The van der Waals surface area contributed by atoms with Crippen LogP contribution < -0.4 is 10.9 Å². The van der Waals surface area contributed by atoms with E-state index >= 15 is 0 Å². The number of nitrogens with zero attached hydrogens (tertiary/aromatic N) is 1. The van der Waals surface area contributed by atoms with Crippen LogP contribution in [0.1, 0.15) is 40.9 Å². The summed E-state index contributed by atoms with van der Waals surface area (Å²) >= 11 is 0. The predicted molar refractivity (Wildman–Crippen MR) is 85.4 cm³/mol. The van der Waals surface area contributed by atoms with E-state index in [0.29, 0.717) is 11.5 Å². The zero-order valence-electron chi connectivity index (χ0n) is 13.0. The fourth-order valence-corrected chi connectivity index (χ4v) is 3.37. The van der Waals surface area contributed by atoms with E-state index in [9.17, 15) is 9.59 Å². The Balaban J connectivity index is 1.51. The minimum atomic E-state index is -0.0986. The summed E-state index contributed by atoms with van der Waals surface area (Å²) in [6.07, 6.45) is 7.92. The molecule has 1 N–H and O–H groups in total. The van der Waals surface area contributed by atoms with E-state index in [0.717, 1.165) is 25.8 Å². The van der Waals surface area contributed by atoms with Crippen LogP contribution in [0.15, 0.2) is 39.9 Å². The van der Waals surface area contributed by atoms with Gasteiger partial charge in [-0.05, 0) is 49.7 Å². The van der Waals surface area contributed by atoms with Gasteiger partial charge in [0.15, 0.2) is 0 Å². The molecule has 5 nitrogen and oxygen atoms in total. The third kappa shape index (κ3) is 2.96. The number of rotatable bonds is 4. The lowest BCUT2D eigenvalue weighted by molar-refractivity contribution is 0.0932. The number of hydrogen-bond acceptors (Lipinski definition) is 3. The number of amides is 1. The Morgan fingerprint density at radius 3 is 2.87 bits per heavy atom. The average Bonchev–Trinajstić information content (AvgIpc) is 3.19. The SMILES string of the molecule is O=C(N[C@@H]1CCc2c(ccc(=O)n2CC2CC2)C1)c1ccoc1. The summed E-state index contributed by atoms with van der Waals surface area (Å²) in [7, 11) is 0. The summed E-state index contributed by atoms with van der Waals surface area (Å²) in [5.74, 6) is 0.580. The first-order chi connectivity index (χ1) is 11.2. The number of furan rings is 1. The standard InChI is InChI=1S/C18H20N2O3/c21-17-6-3-13-9-15(19-18(22)14-7-8-23-11-14)4-5-16(13)20(17)10-12-1-2-12/h3,6-8,11-12,15H,1-2,4-5,9-10H2,(H,19,22)/t15-/m1/s1. The molecule has 2 aliphatic rings. The third-order valence-electron chi connectivity index (χ3n) is 4.84. The van der Waals surface area contributed by atoms with E-state index < -0.39 is 0 Å². The van der Waals surface area contributed by atoms with E-state index in [1.54, 1.807) is 12.1 Å². The molecule has 1 atom stereocenters. The van der Waals surface area contributed by atoms with Gasteiger partial charge in [0.1, 0.15) is 6.26 Å². The first kappa shape index (κ1) is 14.3. The molecule has 2 aromatic heterocycles. The number of nitrogens with one attached hydrogen (secondary N) is 1. The number of carbonyl (C=O) groups is 1. The summed E-state index contributed by atoms with van der Waals surface area (Å²) in [6.45, 7) is 0.855. The van der Waals surface area contributed by atoms with Crippen LogP contribution in [0.4, 0.5) is 0 Å². The van der Waals surface area contributed by atoms with E-state index in [1.165, 1.54) is 36.6 Å². The highest BCUT2D eigenvalue weighted by atomic mass is 16.3. The maximum absolute atomic E-state index is 12.2. The Hall–Kier alpha value is -2.30. The van der Waals surface area contributed by atoms with Gasteiger partial charge in [0.05, 0.1) is 11.8 Å².